The Kier molecular flexibility index (Phi) is 5.42. The molecular formula is C17H18O3S. The van der Waals surface area contributed by atoms with Gasteiger partial charge in [-0.2, -0.15) is 0 Å². The summed E-state index contributed by atoms with van der Waals surface area (Å²) in [6.07, 6.45) is 2.05. The van der Waals surface area contributed by atoms with Crippen LogP contribution in [0, 0.1) is 0 Å². The largest absolute Gasteiger partial charge is 0.616 e. The van der Waals surface area contributed by atoms with Gasteiger partial charge in [-0.25, -0.2) is 0 Å². The van der Waals surface area contributed by atoms with Crippen molar-refractivity contribution in [3.63, 3.8) is 0 Å². The van der Waals surface area contributed by atoms with E-state index in [0.717, 1.165) is 16.7 Å². The normalized spacial score (nSPS) is 13.6. The molecule has 110 valence electrons. The van der Waals surface area contributed by atoms with Crippen LogP contribution in [0.1, 0.15) is 23.7 Å². The van der Waals surface area contributed by atoms with E-state index in [9.17, 15) is 9.35 Å². The molecule has 2 atom stereocenters. The van der Waals surface area contributed by atoms with Crippen molar-refractivity contribution >= 4 is 17.1 Å². The molecule has 0 amide bonds. The summed E-state index contributed by atoms with van der Waals surface area (Å²) < 4.78 is 11.8. The predicted molar refractivity (Wildman–Crippen MR) is 85.6 cm³/mol. The van der Waals surface area contributed by atoms with Crippen molar-refractivity contribution in [1.82, 2.24) is 0 Å². The van der Waals surface area contributed by atoms with E-state index in [1.807, 2.05) is 54.6 Å². The summed E-state index contributed by atoms with van der Waals surface area (Å²) in [6, 6.07) is 17.9. The molecule has 3 nitrogen and oxygen atoms in total. The highest BCUT2D eigenvalue weighted by Crippen LogP contribution is 2.29. The van der Waals surface area contributed by atoms with Gasteiger partial charge in [-0.15, -0.1) is 0 Å². The summed E-state index contributed by atoms with van der Waals surface area (Å²) in [6.45, 7) is 0. The van der Waals surface area contributed by atoms with Gasteiger partial charge in [0.2, 0.25) is 0 Å². The van der Waals surface area contributed by atoms with E-state index in [1.54, 1.807) is 6.26 Å². The zero-order chi connectivity index (χ0) is 15.2. The zero-order valence-electron chi connectivity index (χ0n) is 11.9. The number of rotatable bonds is 6. The van der Waals surface area contributed by atoms with Crippen molar-refractivity contribution in [3.05, 3.63) is 60.2 Å². The van der Waals surface area contributed by atoms with E-state index in [-0.39, 0.29) is 11.7 Å². The van der Waals surface area contributed by atoms with Gasteiger partial charge >= 0.3 is 5.97 Å². The van der Waals surface area contributed by atoms with Crippen molar-refractivity contribution in [3.8, 4) is 11.1 Å². The minimum Gasteiger partial charge on any atom is -0.616 e. The number of benzene rings is 2. The van der Waals surface area contributed by atoms with Gasteiger partial charge in [0.05, 0.1) is 12.7 Å². The van der Waals surface area contributed by atoms with E-state index < -0.39 is 17.1 Å². The monoisotopic (exact) mass is 302 g/mol. The van der Waals surface area contributed by atoms with Gasteiger partial charge in [0.25, 0.3) is 0 Å². The Morgan fingerprint density at radius 2 is 1.67 bits per heavy atom. The molecule has 0 bridgehead atoms. The molecule has 2 rings (SSSR count). The molecule has 0 heterocycles. The molecule has 0 aliphatic carbocycles. The van der Waals surface area contributed by atoms with Gasteiger partial charge in [0, 0.05) is 12.0 Å². The number of carboxylic acid groups (broad SMARTS) is 1. The highest BCUT2D eigenvalue weighted by Gasteiger charge is 2.21. The van der Waals surface area contributed by atoms with Gasteiger partial charge in [-0.3, -0.25) is 4.79 Å². The van der Waals surface area contributed by atoms with Crippen LogP contribution in [-0.4, -0.2) is 21.9 Å². The lowest BCUT2D eigenvalue weighted by Crippen LogP contribution is -2.13. The molecule has 0 saturated heterocycles. The maximum absolute atomic E-state index is 11.8. The molecule has 0 aliphatic rings. The fraction of sp³-hybridized carbons (Fsp3) is 0.235. The Balaban J connectivity index is 2.17. The highest BCUT2D eigenvalue weighted by atomic mass is 32.2. The van der Waals surface area contributed by atoms with Gasteiger partial charge in [0.15, 0.2) is 0 Å². The molecular weight excluding hydrogens is 284 g/mol. The topological polar surface area (TPSA) is 60.4 Å². The van der Waals surface area contributed by atoms with Crippen LogP contribution < -0.4 is 0 Å². The molecule has 0 radical (unpaired) electrons. The maximum atomic E-state index is 11.8. The van der Waals surface area contributed by atoms with Crippen LogP contribution in [0.2, 0.25) is 0 Å². The minimum absolute atomic E-state index is 0.0324. The second kappa shape index (κ2) is 7.29. The molecule has 0 spiro atoms. The van der Waals surface area contributed by atoms with Crippen molar-refractivity contribution < 1.29 is 14.5 Å². The average molecular weight is 302 g/mol. The molecule has 0 saturated carbocycles. The fourth-order valence-corrected chi connectivity index (χ4v) is 3.29. The van der Waals surface area contributed by atoms with Crippen LogP contribution in [0.15, 0.2) is 54.6 Å². The van der Waals surface area contributed by atoms with Gasteiger partial charge in [0.1, 0.15) is 5.25 Å². The van der Waals surface area contributed by atoms with E-state index in [1.165, 1.54) is 0 Å². The lowest BCUT2D eigenvalue weighted by Gasteiger charge is -2.18. The third kappa shape index (κ3) is 4.34. The van der Waals surface area contributed by atoms with Crippen LogP contribution >= 0.6 is 0 Å². The van der Waals surface area contributed by atoms with Crippen molar-refractivity contribution in [2.75, 3.05) is 6.26 Å². The second-order valence-corrected chi connectivity index (χ2v) is 6.47. The Bertz CT molecular complexity index is 579. The smallest absolute Gasteiger partial charge is 0.303 e. The molecule has 1 N–H and O–H groups in total. The Morgan fingerprint density at radius 1 is 1.10 bits per heavy atom. The summed E-state index contributed by atoms with van der Waals surface area (Å²) in [5, 5.41) is 8.55. The number of hydrogen-bond acceptors (Lipinski definition) is 2. The molecule has 0 fully saturated rings. The Hall–Kier alpha value is -1.78. The lowest BCUT2D eigenvalue weighted by atomic mass is 10.0. The molecule has 2 unspecified atom stereocenters. The molecule has 4 heteroatoms. The van der Waals surface area contributed by atoms with Crippen LogP contribution in [0.25, 0.3) is 11.1 Å². The molecule has 0 aromatic heterocycles. The molecule has 2 aromatic rings. The first-order valence-electron chi connectivity index (χ1n) is 6.77. The van der Waals surface area contributed by atoms with Crippen LogP contribution in [0.5, 0.6) is 0 Å². The summed E-state index contributed by atoms with van der Waals surface area (Å²) in [4.78, 5) is 10.7. The maximum Gasteiger partial charge on any atom is 0.303 e. The number of carboxylic acids is 1. The average Bonchev–Trinajstić information content (AvgIpc) is 2.48. The molecule has 21 heavy (non-hydrogen) atoms. The third-order valence-electron chi connectivity index (χ3n) is 3.41. The van der Waals surface area contributed by atoms with E-state index >= 15 is 0 Å². The van der Waals surface area contributed by atoms with Crippen LogP contribution in [0.3, 0.4) is 0 Å². The van der Waals surface area contributed by atoms with Crippen molar-refractivity contribution in [2.45, 2.75) is 18.1 Å². The number of hydrogen-bond donors (Lipinski definition) is 1. The highest BCUT2D eigenvalue weighted by molar-refractivity contribution is 7.90. The van der Waals surface area contributed by atoms with Crippen molar-refractivity contribution in [1.29, 1.82) is 0 Å². The first kappa shape index (κ1) is 15.6. The minimum atomic E-state index is -1.09. The summed E-state index contributed by atoms with van der Waals surface area (Å²) in [5.74, 6) is -0.855. The van der Waals surface area contributed by atoms with E-state index in [4.69, 9.17) is 5.11 Å². The zero-order valence-corrected chi connectivity index (χ0v) is 12.7. The number of aliphatic carboxylic acids is 1. The Labute approximate surface area is 127 Å². The first-order chi connectivity index (χ1) is 10.1. The quantitative estimate of drug-likeness (QED) is 0.829. The number of carbonyl (C=O) groups is 1. The van der Waals surface area contributed by atoms with E-state index in [0.29, 0.717) is 6.42 Å². The molecule has 0 aliphatic heterocycles. The fourth-order valence-electron chi connectivity index (χ4n) is 2.30. The van der Waals surface area contributed by atoms with Gasteiger partial charge < -0.3 is 9.66 Å². The summed E-state index contributed by atoms with van der Waals surface area (Å²) >= 11 is -1.09. The SMILES string of the molecule is C[S+]([O-])C(CCC(=O)O)c1ccc(-c2ccccc2)cc1. The van der Waals surface area contributed by atoms with Crippen molar-refractivity contribution in [2.24, 2.45) is 0 Å². The lowest BCUT2D eigenvalue weighted by molar-refractivity contribution is -0.137. The standard InChI is InChI=1S/C17H18O3S/c1-21(20)16(11-12-17(18)19)15-9-7-14(8-10-15)13-5-3-2-4-6-13/h2-10,16H,11-12H2,1H3,(H,18,19). The summed E-state index contributed by atoms with van der Waals surface area (Å²) in [7, 11) is 0. The summed E-state index contributed by atoms with van der Waals surface area (Å²) in [5.41, 5.74) is 3.15. The molecule has 2 aromatic carbocycles. The van der Waals surface area contributed by atoms with Gasteiger partial charge in [-0.05, 0) is 22.3 Å². The van der Waals surface area contributed by atoms with Crippen LogP contribution in [0.4, 0.5) is 0 Å². The first-order valence-corrected chi connectivity index (χ1v) is 8.39. The van der Waals surface area contributed by atoms with E-state index in [2.05, 4.69) is 0 Å². The predicted octanol–water partition coefficient (Wildman–Crippen LogP) is 3.64. The third-order valence-corrected chi connectivity index (χ3v) is 4.72. The van der Waals surface area contributed by atoms with Gasteiger partial charge in [-0.1, -0.05) is 54.6 Å². The van der Waals surface area contributed by atoms with Crippen LogP contribution in [-0.2, 0) is 16.0 Å². The Morgan fingerprint density at radius 3 is 2.19 bits per heavy atom. The second-order valence-electron chi connectivity index (χ2n) is 4.91.